The molecule has 0 heterocycles. The van der Waals surface area contributed by atoms with Gasteiger partial charge in [-0.25, -0.2) is 0 Å². The van der Waals surface area contributed by atoms with E-state index < -0.39 is 9.04 Å². The topological polar surface area (TPSA) is 9.23 Å². The van der Waals surface area contributed by atoms with Crippen molar-refractivity contribution in [3.63, 3.8) is 0 Å². The number of hydrogen-bond donors (Lipinski definition) is 0. The summed E-state index contributed by atoms with van der Waals surface area (Å²) in [5.41, 5.74) is 4.77. The maximum atomic E-state index is 5.89. The standard InChI is InChI=1S/C14H21OSi/c1-11-5-6-12-8-14(2,9-13(12)7-11)10-15-16(3)4/h5-7H,8-10H2,1-4H3. The lowest BCUT2D eigenvalue weighted by Crippen LogP contribution is -2.27. The minimum absolute atomic E-state index is 0.331. The molecule has 1 aliphatic carbocycles. The van der Waals surface area contributed by atoms with Crippen LogP contribution in [0.1, 0.15) is 23.6 Å². The van der Waals surface area contributed by atoms with E-state index in [1.807, 2.05) is 0 Å². The van der Waals surface area contributed by atoms with Crippen LogP contribution in [0.25, 0.3) is 0 Å². The Hall–Kier alpha value is -0.603. The highest BCUT2D eigenvalue weighted by molar-refractivity contribution is 6.48. The molecule has 0 N–H and O–H groups in total. The highest BCUT2D eigenvalue weighted by Gasteiger charge is 2.33. The molecule has 1 aromatic rings. The van der Waals surface area contributed by atoms with Gasteiger partial charge in [-0.1, -0.05) is 30.7 Å². The molecule has 87 valence electrons. The molecule has 0 saturated heterocycles. The summed E-state index contributed by atoms with van der Waals surface area (Å²) in [6.07, 6.45) is 2.36. The molecule has 1 radical (unpaired) electrons. The van der Waals surface area contributed by atoms with Gasteiger partial charge >= 0.3 is 0 Å². The van der Waals surface area contributed by atoms with E-state index in [2.05, 4.69) is 45.1 Å². The Balaban J connectivity index is 2.09. The molecule has 16 heavy (non-hydrogen) atoms. The first-order chi connectivity index (χ1) is 7.48. The third-order valence-corrected chi connectivity index (χ3v) is 4.03. The van der Waals surface area contributed by atoms with Crippen molar-refractivity contribution in [2.45, 2.75) is 39.8 Å². The van der Waals surface area contributed by atoms with Gasteiger partial charge in [0.1, 0.15) is 0 Å². The third kappa shape index (κ3) is 2.55. The van der Waals surface area contributed by atoms with E-state index in [1.54, 1.807) is 0 Å². The maximum absolute atomic E-state index is 5.89. The maximum Gasteiger partial charge on any atom is 0.204 e. The summed E-state index contributed by atoms with van der Waals surface area (Å²) in [5, 5.41) is 0. The van der Waals surface area contributed by atoms with E-state index in [0.717, 1.165) is 6.61 Å². The molecule has 0 aromatic heterocycles. The predicted octanol–water partition coefficient (Wildman–Crippen LogP) is 3.37. The van der Waals surface area contributed by atoms with Crippen LogP contribution in [0.4, 0.5) is 0 Å². The highest BCUT2D eigenvalue weighted by Crippen LogP contribution is 2.37. The van der Waals surface area contributed by atoms with Crippen LogP contribution in [0.5, 0.6) is 0 Å². The second-order valence-electron chi connectivity index (χ2n) is 5.63. The molecule has 2 rings (SSSR count). The molecule has 0 amide bonds. The molecule has 0 bridgehead atoms. The molecule has 0 saturated carbocycles. The molecule has 2 heteroatoms. The normalized spacial score (nSPS) is 23.8. The van der Waals surface area contributed by atoms with Crippen molar-refractivity contribution < 1.29 is 4.43 Å². The average molecular weight is 233 g/mol. The quantitative estimate of drug-likeness (QED) is 0.727. The molecule has 1 nitrogen and oxygen atoms in total. The van der Waals surface area contributed by atoms with Gasteiger partial charge in [-0.05, 0) is 49.4 Å². The highest BCUT2D eigenvalue weighted by atomic mass is 28.3. The molecule has 1 unspecified atom stereocenters. The van der Waals surface area contributed by atoms with Crippen LogP contribution in [0.3, 0.4) is 0 Å². The fraction of sp³-hybridized carbons (Fsp3) is 0.571. The van der Waals surface area contributed by atoms with E-state index >= 15 is 0 Å². The van der Waals surface area contributed by atoms with Gasteiger partial charge < -0.3 is 4.43 Å². The van der Waals surface area contributed by atoms with Crippen molar-refractivity contribution in [2.24, 2.45) is 5.41 Å². The molecule has 1 aliphatic rings. The molecular formula is C14H21OSi. The van der Waals surface area contributed by atoms with Gasteiger partial charge in [-0.3, -0.25) is 0 Å². The minimum Gasteiger partial charge on any atom is -0.417 e. The van der Waals surface area contributed by atoms with Crippen LogP contribution in [0.2, 0.25) is 13.1 Å². The van der Waals surface area contributed by atoms with E-state index in [-0.39, 0.29) is 0 Å². The fourth-order valence-corrected chi connectivity index (χ4v) is 3.13. The summed E-state index contributed by atoms with van der Waals surface area (Å²) in [7, 11) is -0.554. The smallest absolute Gasteiger partial charge is 0.204 e. The van der Waals surface area contributed by atoms with Crippen molar-refractivity contribution in [3.8, 4) is 0 Å². The van der Waals surface area contributed by atoms with Crippen molar-refractivity contribution in [1.82, 2.24) is 0 Å². The average Bonchev–Trinajstić information content (AvgIpc) is 2.51. The molecule has 0 aliphatic heterocycles. The molecule has 1 atom stereocenters. The minimum atomic E-state index is -0.554. The van der Waals surface area contributed by atoms with Gasteiger partial charge in [-0.2, -0.15) is 0 Å². The Labute approximate surface area is 101 Å². The van der Waals surface area contributed by atoms with Crippen molar-refractivity contribution in [1.29, 1.82) is 0 Å². The summed E-state index contributed by atoms with van der Waals surface area (Å²) >= 11 is 0. The Morgan fingerprint density at radius 3 is 2.62 bits per heavy atom. The lowest BCUT2D eigenvalue weighted by atomic mass is 9.88. The number of aryl methyl sites for hydroxylation is 1. The Morgan fingerprint density at radius 1 is 1.25 bits per heavy atom. The van der Waals surface area contributed by atoms with E-state index in [0.29, 0.717) is 5.41 Å². The number of fused-ring (bicyclic) bond motifs is 1. The summed E-state index contributed by atoms with van der Waals surface area (Å²) in [5.74, 6) is 0. The van der Waals surface area contributed by atoms with Gasteiger partial charge in [0.15, 0.2) is 0 Å². The van der Waals surface area contributed by atoms with Crippen molar-refractivity contribution in [3.05, 3.63) is 34.9 Å². The summed E-state index contributed by atoms with van der Waals surface area (Å²) in [6.45, 7) is 9.86. The van der Waals surface area contributed by atoms with E-state index in [4.69, 9.17) is 4.43 Å². The van der Waals surface area contributed by atoms with Crippen LogP contribution in [0, 0.1) is 12.3 Å². The van der Waals surface area contributed by atoms with Gasteiger partial charge in [0.05, 0.1) is 0 Å². The van der Waals surface area contributed by atoms with Crippen LogP contribution in [0.15, 0.2) is 18.2 Å². The monoisotopic (exact) mass is 233 g/mol. The Morgan fingerprint density at radius 2 is 1.94 bits per heavy atom. The predicted molar refractivity (Wildman–Crippen MR) is 70.1 cm³/mol. The lowest BCUT2D eigenvalue weighted by Gasteiger charge is -2.24. The fourth-order valence-electron chi connectivity index (χ4n) is 2.49. The Bertz CT molecular complexity index is 386. The largest absolute Gasteiger partial charge is 0.417 e. The first kappa shape index (κ1) is 11.9. The lowest BCUT2D eigenvalue weighted by molar-refractivity contribution is 0.173. The molecule has 1 aromatic carbocycles. The number of benzene rings is 1. The zero-order chi connectivity index (χ0) is 11.8. The van der Waals surface area contributed by atoms with Gasteiger partial charge in [0.25, 0.3) is 0 Å². The summed E-state index contributed by atoms with van der Waals surface area (Å²) < 4.78 is 5.89. The number of rotatable bonds is 3. The number of hydrogen-bond acceptors (Lipinski definition) is 1. The van der Waals surface area contributed by atoms with Crippen LogP contribution < -0.4 is 0 Å². The van der Waals surface area contributed by atoms with Crippen LogP contribution >= 0.6 is 0 Å². The first-order valence-electron chi connectivity index (χ1n) is 6.00. The second kappa shape index (κ2) is 4.34. The molecular weight excluding hydrogens is 212 g/mol. The third-order valence-electron chi connectivity index (χ3n) is 3.31. The second-order valence-corrected chi connectivity index (χ2v) is 7.74. The molecule has 0 fully saturated rings. The SMILES string of the molecule is Cc1ccc2c(c1)CC(C)(CO[Si](C)C)C2. The van der Waals surface area contributed by atoms with Crippen molar-refractivity contribution >= 4 is 9.04 Å². The van der Waals surface area contributed by atoms with Gasteiger partial charge in [0.2, 0.25) is 9.04 Å². The summed E-state index contributed by atoms with van der Waals surface area (Å²) in [6, 6.07) is 6.85. The van der Waals surface area contributed by atoms with Crippen molar-refractivity contribution in [2.75, 3.05) is 6.61 Å². The molecule has 0 spiro atoms. The van der Waals surface area contributed by atoms with E-state index in [1.165, 1.54) is 29.5 Å². The Kier molecular flexibility index (Phi) is 3.22. The van der Waals surface area contributed by atoms with Gasteiger partial charge in [-0.15, -0.1) is 0 Å². The first-order valence-corrected chi connectivity index (χ1v) is 8.41. The van der Waals surface area contributed by atoms with Crippen LogP contribution in [-0.2, 0) is 17.3 Å². The zero-order valence-electron chi connectivity index (χ0n) is 10.8. The van der Waals surface area contributed by atoms with Gasteiger partial charge in [0, 0.05) is 6.61 Å². The summed E-state index contributed by atoms with van der Waals surface area (Å²) in [4.78, 5) is 0. The van der Waals surface area contributed by atoms with Crippen LogP contribution in [-0.4, -0.2) is 15.6 Å². The zero-order valence-corrected chi connectivity index (χ0v) is 11.8. The van der Waals surface area contributed by atoms with E-state index in [9.17, 15) is 0 Å².